The lowest BCUT2D eigenvalue weighted by atomic mass is 10.1. The van der Waals surface area contributed by atoms with Crippen LogP contribution < -0.4 is 14.5 Å². The largest absolute Gasteiger partial charge is 0.492 e. The number of carbonyl (C=O) groups is 1. The van der Waals surface area contributed by atoms with E-state index in [1.165, 1.54) is 6.33 Å². The monoisotopic (exact) mass is 625 g/mol. The molecular formula is C25H30ClF6N7O3. The third-order valence-corrected chi connectivity index (χ3v) is 6.84. The van der Waals surface area contributed by atoms with Gasteiger partial charge in [-0.15, -0.1) is 0 Å². The van der Waals surface area contributed by atoms with Gasteiger partial charge in [-0.25, -0.2) is 14.8 Å². The molecule has 1 aliphatic rings. The maximum absolute atomic E-state index is 13.5. The van der Waals surface area contributed by atoms with E-state index in [1.807, 2.05) is 24.0 Å². The number of hydrogen-bond acceptors (Lipinski definition) is 8. The summed E-state index contributed by atoms with van der Waals surface area (Å²) in [6, 6.07) is 3.73. The Hall–Kier alpha value is -3.53. The number of aliphatic carboxylic acids is 1. The Labute approximate surface area is 242 Å². The summed E-state index contributed by atoms with van der Waals surface area (Å²) in [6.07, 6.45) is -8.43. The molecule has 2 N–H and O–H groups in total. The van der Waals surface area contributed by atoms with E-state index in [1.54, 1.807) is 0 Å². The molecule has 0 unspecified atom stereocenters. The van der Waals surface area contributed by atoms with Gasteiger partial charge >= 0.3 is 18.3 Å². The van der Waals surface area contributed by atoms with Crippen molar-refractivity contribution in [3.05, 3.63) is 34.7 Å². The number of rotatable bonds is 8. The second kappa shape index (κ2) is 13.6. The quantitative estimate of drug-likeness (QED) is 0.334. The number of fused-ring (bicyclic) bond motifs is 1. The van der Waals surface area contributed by atoms with Gasteiger partial charge in [0.05, 0.1) is 5.39 Å². The topological polar surface area (TPSA) is 111 Å². The van der Waals surface area contributed by atoms with Crippen LogP contribution in [0.1, 0.15) is 25.1 Å². The Morgan fingerprint density at radius 1 is 1.07 bits per heavy atom. The summed E-state index contributed by atoms with van der Waals surface area (Å²) in [7, 11) is 0. The number of H-pyrrole nitrogens is 1. The Kier molecular flexibility index (Phi) is 10.7. The van der Waals surface area contributed by atoms with E-state index < -0.39 is 24.0 Å². The average molecular weight is 626 g/mol. The van der Waals surface area contributed by atoms with Crippen molar-refractivity contribution in [3.63, 3.8) is 0 Å². The molecule has 0 atom stereocenters. The first-order valence-corrected chi connectivity index (χ1v) is 13.3. The van der Waals surface area contributed by atoms with E-state index in [2.05, 4.69) is 43.8 Å². The minimum Gasteiger partial charge on any atom is -0.492 e. The van der Waals surface area contributed by atoms with Crippen LogP contribution in [0.15, 0.2) is 18.5 Å². The number of alkyl halides is 6. The van der Waals surface area contributed by atoms with E-state index in [-0.39, 0.29) is 16.9 Å². The smallest absolute Gasteiger partial charge is 0.490 e. The van der Waals surface area contributed by atoms with Crippen molar-refractivity contribution in [2.75, 3.05) is 62.2 Å². The predicted molar refractivity (Wildman–Crippen MR) is 144 cm³/mol. The molecule has 0 radical (unpaired) electrons. The highest BCUT2D eigenvalue weighted by Crippen LogP contribution is 2.37. The van der Waals surface area contributed by atoms with Crippen LogP contribution in [0.25, 0.3) is 11.0 Å². The lowest BCUT2D eigenvalue weighted by Gasteiger charge is -2.37. The summed E-state index contributed by atoms with van der Waals surface area (Å²) in [6.45, 7) is 11.7. The van der Waals surface area contributed by atoms with E-state index >= 15 is 0 Å². The fraction of sp³-hybridized carbons (Fsp3) is 0.520. The Morgan fingerprint density at radius 3 is 2.21 bits per heavy atom. The van der Waals surface area contributed by atoms with E-state index in [9.17, 15) is 26.3 Å². The van der Waals surface area contributed by atoms with Gasteiger partial charge in [0, 0.05) is 49.0 Å². The first-order chi connectivity index (χ1) is 19.7. The number of hydrogen-bond donors (Lipinski definition) is 2. The summed E-state index contributed by atoms with van der Waals surface area (Å²) < 4.78 is 78.2. The minimum atomic E-state index is -5.08. The summed E-state index contributed by atoms with van der Waals surface area (Å²) in [5.74, 6) is -1.78. The summed E-state index contributed by atoms with van der Waals surface area (Å²) >= 11 is 6.41. The Morgan fingerprint density at radius 2 is 1.67 bits per heavy atom. The molecule has 3 aromatic rings. The molecule has 232 valence electrons. The van der Waals surface area contributed by atoms with Crippen LogP contribution >= 0.6 is 11.6 Å². The number of aromatic amines is 1. The standard InChI is InChI=1S/C23H29ClF3N7O.C2HF3O2/c1-4-32(5-2)10-11-35-18-13-16(24)12-17(15(18)3)33-6-8-34(9-7-33)22-19-20(23(25,26)27)30-31-21(19)28-14-29-22;3-2(4,5)1(6)7/h12-14H,4-11H2,1-3H3,(H,28,29,30,31);(H,6,7). The summed E-state index contributed by atoms with van der Waals surface area (Å²) in [5, 5.41) is 13.4. The SMILES string of the molecule is CCN(CC)CCOc1cc(Cl)cc(N2CCN(c3ncnc4[nH]nc(C(F)(F)F)c34)CC2)c1C.O=C(O)C(F)(F)F. The van der Waals surface area contributed by atoms with Gasteiger partial charge in [0.25, 0.3) is 0 Å². The third-order valence-electron chi connectivity index (χ3n) is 6.63. The zero-order valence-electron chi connectivity index (χ0n) is 23.0. The number of piperazine rings is 1. The highest BCUT2D eigenvalue weighted by Gasteiger charge is 2.39. The van der Waals surface area contributed by atoms with Crippen molar-refractivity contribution < 1.29 is 41.0 Å². The molecular weight excluding hydrogens is 596 g/mol. The maximum atomic E-state index is 13.5. The van der Waals surface area contributed by atoms with E-state index in [4.69, 9.17) is 26.2 Å². The number of likely N-dealkylation sites (N-methyl/N-ethyl adjacent to an activating group) is 1. The molecule has 1 saturated heterocycles. The van der Waals surface area contributed by atoms with Gasteiger partial charge in [0.2, 0.25) is 0 Å². The van der Waals surface area contributed by atoms with Crippen LogP contribution in [0.2, 0.25) is 5.02 Å². The van der Waals surface area contributed by atoms with Crippen LogP contribution in [0.3, 0.4) is 0 Å². The number of nitrogens with zero attached hydrogens (tertiary/aromatic N) is 6. The molecule has 0 bridgehead atoms. The lowest BCUT2D eigenvalue weighted by Crippen LogP contribution is -2.47. The van der Waals surface area contributed by atoms with Gasteiger partial charge in [-0.2, -0.15) is 31.4 Å². The molecule has 1 aliphatic heterocycles. The van der Waals surface area contributed by atoms with Gasteiger partial charge in [-0.1, -0.05) is 25.4 Å². The molecule has 17 heteroatoms. The first kappa shape index (κ1) is 33.0. The maximum Gasteiger partial charge on any atom is 0.490 e. The molecule has 4 rings (SSSR count). The predicted octanol–water partition coefficient (Wildman–Crippen LogP) is 5.01. The number of aromatic nitrogens is 4. The van der Waals surface area contributed by atoms with Crippen LogP contribution in [0.4, 0.5) is 37.8 Å². The van der Waals surface area contributed by atoms with Gasteiger partial charge in [-0.3, -0.25) is 5.10 Å². The highest BCUT2D eigenvalue weighted by atomic mass is 35.5. The van der Waals surface area contributed by atoms with Crippen LogP contribution in [-0.4, -0.2) is 94.7 Å². The van der Waals surface area contributed by atoms with Crippen molar-refractivity contribution >= 4 is 40.1 Å². The van der Waals surface area contributed by atoms with Crippen molar-refractivity contribution in [2.45, 2.75) is 33.1 Å². The summed E-state index contributed by atoms with van der Waals surface area (Å²) in [5.41, 5.74) is 1.02. The Balaban J connectivity index is 0.000000616. The van der Waals surface area contributed by atoms with E-state index in [0.717, 1.165) is 36.6 Å². The zero-order chi connectivity index (χ0) is 31.2. The fourth-order valence-electron chi connectivity index (χ4n) is 4.39. The van der Waals surface area contributed by atoms with E-state index in [0.29, 0.717) is 37.8 Å². The second-order valence-electron chi connectivity index (χ2n) is 9.19. The molecule has 2 aromatic heterocycles. The van der Waals surface area contributed by atoms with Crippen molar-refractivity contribution in [2.24, 2.45) is 0 Å². The molecule has 0 amide bonds. The van der Waals surface area contributed by atoms with Crippen LogP contribution in [-0.2, 0) is 11.0 Å². The average Bonchev–Trinajstić information content (AvgIpc) is 3.38. The Bertz CT molecular complexity index is 1360. The molecule has 0 saturated carbocycles. The molecule has 1 aromatic carbocycles. The molecule has 42 heavy (non-hydrogen) atoms. The van der Waals surface area contributed by atoms with Crippen LogP contribution in [0, 0.1) is 6.92 Å². The first-order valence-electron chi connectivity index (χ1n) is 12.9. The number of benzene rings is 1. The molecule has 3 heterocycles. The molecule has 10 nitrogen and oxygen atoms in total. The third kappa shape index (κ3) is 8.06. The number of carboxylic acids is 1. The van der Waals surface area contributed by atoms with Crippen molar-refractivity contribution in [1.82, 2.24) is 25.1 Å². The molecule has 1 fully saturated rings. The fourth-order valence-corrected chi connectivity index (χ4v) is 4.59. The second-order valence-corrected chi connectivity index (χ2v) is 9.63. The highest BCUT2D eigenvalue weighted by molar-refractivity contribution is 6.31. The molecule has 0 spiro atoms. The number of anilines is 2. The van der Waals surface area contributed by atoms with Crippen LogP contribution in [0.5, 0.6) is 5.75 Å². The van der Waals surface area contributed by atoms with Gasteiger partial charge in [-0.05, 0) is 32.1 Å². The molecule has 0 aliphatic carbocycles. The number of nitrogens with one attached hydrogen (secondary N) is 1. The van der Waals surface area contributed by atoms with Gasteiger partial charge < -0.3 is 24.5 Å². The number of carboxylic acid groups (broad SMARTS) is 1. The van der Waals surface area contributed by atoms with Crippen molar-refractivity contribution in [1.29, 1.82) is 0 Å². The zero-order valence-corrected chi connectivity index (χ0v) is 23.7. The van der Waals surface area contributed by atoms with Gasteiger partial charge in [0.15, 0.2) is 11.3 Å². The van der Waals surface area contributed by atoms with Gasteiger partial charge in [0.1, 0.15) is 24.5 Å². The minimum absolute atomic E-state index is 0.0712. The number of halogens is 7. The summed E-state index contributed by atoms with van der Waals surface area (Å²) in [4.78, 5) is 23.3. The van der Waals surface area contributed by atoms with Crippen molar-refractivity contribution in [3.8, 4) is 5.75 Å². The number of ether oxygens (including phenoxy) is 1. The lowest BCUT2D eigenvalue weighted by molar-refractivity contribution is -0.192. The normalized spacial score (nSPS) is 14.3.